The minimum atomic E-state index is -1.27. The molecule has 2 N–H and O–H groups in total. The lowest BCUT2D eigenvalue weighted by atomic mass is 9.93. The van der Waals surface area contributed by atoms with Gasteiger partial charge in [0.05, 0.1) is 6.42 Å². The third-order valence-electron chi connectivity index (χ3n) is 3.38. The molecule has 0 saturated heterocycles. The summed E-state index contributed by atoms with van der Waals surface area (Å²) in [7, 11) is 0. The first kappa shape index (κ1) is 17.6. The van der Waals surface area contributed by atoms with Crippen LogP contribution in [0.1, 0.15) is 38.2 Å². The van der Waals surface area contributed by atoms with E-state index in [0.717, 1.165) is 5.56 Å². The number of hydrogen-bond acceptors (Lipinski definition) is 3. The second kappa shape index (κ2) is 8.77. The van der Waals surface area contributed by atoms with Crippen LogP contribution in [0.2, 0.25) is 0 Å². The highest BCUT2D eigenvalue weighted by Crippen LogP contribution is 2.21. The first-order chi connectivity index (χ1) is 10.4. The summed E-state index contributed by atoms with van der Waals surface area (Å²) in [6, 6.07) is 9.47. The van der Waals surface area contributed by atoms with E-state index in [1.54, 1.807) is 6.92 Å². The summed E-state index contributed by atoms with van der Waals surface area (Å²) in [6.07, 6.45) is 0.664. The number of carboxylic acids is 2. The Kier molecular flexibility index (Phi) is 7.02. The molecule has 1 aromatic carbocycles. The molecule has 0 atom stereocenters. The fraction of sp³-hybridized carbons (Fsp3) is 0.353. The van der Waals surface area contributed by atoms with E-state index in [2.05, 4.69) is 0 Å². The van der Waals surface area contributed by atoms with Gasteiger partial charge in [0.1, 0.15) is 5.78 Å². The van der Waals surface area contributed by atoms with Crippen molar-refractivity contribution in [2.75, 3.05) is 0 Å². The SMILES string of the molecule is CCC(=O)CC(CCc1ccccc1)=C(CC(=O)O)C(=O)O. The van der Waals surface area contributed by atoms with Crippen LogP contribution in [0.3, 0.4) is 0 Å². The van der Waals surface area contributed by atoms with Crippen LogP contribution in [-0.4, -0.2) is 27.9 Å². The fourth-order valence-corrected chi connectivity index (χ4v) is 2.15. The lowest BCUT2D eigenvalue weighted by Crippen LogP contribution is -2.12. The van der Waals surface area contributed by atoms with Gasteiger partial charge in [0, 0.05) is 18.4 Å². The molecular formula is C17H20O5. The van der Waals surface area contributed by atoms with Gasteiger partial charge in [-0.1, -0.05) is 42.8 Å². The van der Waals surface area contributed by atoms with Gasteiger partial charge >= 0.3 is 11.9 Å². The smallest absolute Gasteiger partial charge is 0.332 e. The highest BCUT2D eigenvalue weighted by molar-refractivity contribution is 5.94. The topological polar surface area (TPSA) is 91.7 Å². The van der Waals surface area contributed by atoms with Crippen LogP contribution in [-0.2, 0) is 20.8 Å². The molecule has 22 heavy (non-hydrogen) atoms. The summed E-state index contributed by atoms with van der Waals surface area (Å²) in [5.41, 5.74) is 1.25. The van der Waals surface area contributed by atoms with Gasteiger partial charge in [-0.15, -0.1) is 0 Å². The van der Waals surface area contributed by atoms with Crippen molar-refractivity contribution in [3.8, 4) is 0 Å². The molecule has 0 fully saturated rings. The molecule has 5 heteroatoms. The number of benzene rings is 1. The van der Waals surface area contributed by atoms with Crippen LogP contribution in [0.5, 0.6) is 0 Å². The Labute approximate surface area is 129 Å². The first-order valence-electron chi connectivity index (χ1n) is 7.15. The lowest BCUT2D eigenvalue weighted by Gasteiger charge is -2.11. The zero-order chi connectivity index (χ0) is 16.5. The molecule has 0 heterocycles. The second-order valence-electron chi connectivity index (χ2n) is 5.01. The number of ketones is 1. The summed E-state index contributed by atoms with van der Waals surface area (Å²) in [5.74, 6) is -2.57. The van der Waals surface area contributed by atoms with Crippen LogP contribution in [0, 0.1) is 0 Å². The van der Waals surface area contributed by atoms with Crippen LogP contribution in [0.15, 0.2) is 41.5 Å². The number of hydrogen-bond donors (Lipinski definition) is 2. The predicted octanol–water partition coefficient (Wildman–Crippen LogP) is 2.84. The molecule has 1 rings (SSSR count). The Morgan fingerprint density at radius 2 is 1.64 bits per heavy atom. The van der Waals surface area contributed by atoms with Crippen molar-refractivity contribution in [2.24, 2.45) is 0 Å². The van der Waals surface area contributed by atoms with Crippen molar-refractivity contribution in [2.45, 2.75) is 39.0 Å². The van der Waals surface area contributed by atoms with Crippen LogP contribution < -0.4 is 0 Å². The van der Waals surface area contributed by atoms with Gasteiger partial charge in [-0.25, -0.2) is 4.79 Å². The molecule has 118 valence electrons. The minimum Gasteiger partial charge on any atom is -0.481 e. The fourth-order valence-electron chi connectivity index (χ4n) is 2.15. The number of aryl methyl sites for hydroxylation is 1. The van der Waals surface area contributed by atoms with Crippen molar-refractivity contribution in [3.63, 3.8) is 0 Å². The standard InChI is InChI=1S/C17H20O5/c1-2-14(18)10-13(15(17(21)22)11-16(19)20)9-8-12-6-4-3-5-7-12/h3-7H,2,8-11H2,1H3,(H,19,20)(H,21,22). The average Bonchev–Trinajstić information content (AvgIpc) is 2.49. The third kappa shape index (κ3) is 5.91. The number of allylic oxidation sites excluding steroid dienone is 1. The Balaban J connectivity index is 3.01. The number of aliphatic carboxylic acids is 2. The zero-order valence-electron chi connectivity index (χ0n) is 12.5. The van der Waals surface area contributed by atoms with Gasteiger partial charge in [-0.2, -0.15) is 0 Å². The monoisotopic (exact) mass is 304 g/mol. The molecule has 0 amide bonds. The number of carboxylic acid groups (broad SMARTS) is 2. The Morgan fingerprint density at radius 3 is 2.14 bits per heavy atom. The van der Waals surface area contributed by atoms with E-state index in [-0.39, 0.29) is 17.8 Å². The predicted molar refractivity (Wildman–Crippen MR) is 81.6 cm³/mol. The number of carbonyl (C=O) groups is 3. The van der Waals surface area contributed by atoms with Gasteiger partial charge < -0.3 is 10.2 Å². The number of carbonyl (C=O) groups excluding carboxylic acids is 1. The summed E-state index contributed by atoms with van der Waals surface area (Å²) in [6.45, 7) is 1.70. The maximum atomic E-state index is 11.7. The molecule has 0 aromatic heterocycles. The van der Waals surface area contributed by atoms with Crippen LogP contribution in [0.4, 0.5) is 0 Å². The summed E-state index contributed by atoms with van der Waals surface area (Å²) < 4.78 is 0. The highest BCUT2D eigenvalue weighted by Gasteiger charge is 2.19. The summed E-state index contributed by atoms with van der Waals surface area (Å²) in [4.78, 5) is 33.9. The molecule has 0 spiro atoms. The quantitative estimate of drug-likeness (QED) is 0.684. The van der Waals surface area contributed by atoms with Crippen molar-refractivity contribution < 1.29 is 24.6 Å². The molecule has 0 unspecified atom stereocenters. The summed E-state index contributed by atoms with van der Waals surface area (Å²) in [5, 5.41) is 18.1. The molecule has 0 aliphatic heterocycles. The molecule has 1 aromatic rings. The zero-order valence-corrected chi connectivity index (χ0v) is 12.5. The highest BCUT2D eigenvalue weighted by atomic mass is 16.4. The number of Topliss-reactive ketones (excluding diaryl/α,β-unsaturated/α-hetero) is 1. The molecular weight excluding hydrogens is 284 g/mol. The normalized spacial score (nSPS) is 11.7. The van der Waals surface area contributed by atoms with Crippen LogP contribution >= 0.6 is 0 Å². The van der Waals surface area contributed by atoms with Gasteiger partial charge in [-0.3, -0.25) is 9.59 Å². The maximum Gasteiger partial charge on any atom is 0.332 e. The van der Waals surface area contributed by atoms with E-state index < -0.39 is 18.4 Å². The Bertz CT molecular complexity index is 572. The average molecular weight is 304 g/mol. The van der Waals surface area contributed by atoms with Gasteiger partial charge in [0.2, 0.25) is 0 Å². The first-order valence-corrected chi connectivity index (χ1v) is 7.15. The minimum absolute atomic E-state index is 0.00174. The van der Waals surface area contributed by atoms with E-state index in [1.165, 1.54) is 0 Å². The third-order valence-corrected chi connectivity index (χ3v) is 3.38. The van der Waals surface area contributed by atoms with E-state index in [1.807, 2.05) is 30.3 Å². The van der Waals surface area contributed by atoms with Gasteiger partial charge in [-0.05, 0) is 18.4 Å². The van der Waals surface area contributed by atoms with Crippen molar-refractivity contribution >= 4 is 17.7 Å². The molecule has 0 saturated carbocycles. The van der Waals surface area contributed by atoms with Crippen molar-refractivity contribution in [1.82, 2.24) is 0 Å². The van der Waals surface area contributed by atoms with Crippen molar-refractivity contribution in [1.29, 1.82) is 0 Å². The Hall–Kier alpha value is -2.43. The lowest BCUT2D eigenvalue weighted by molar-refractivity contribution is -0.139. The molecule has 0 radical (unpaired) electrons. The van der Waals surface area contributed by atoms with E-state index >= 15 is 0 Å². The molecule has 5 nitrogen and oxygen atoms in total. The molecule has 0 bridgehead atoms. The molecule has 0 aliphatic carbocycles. The van der Waals surface area contributed by atoms with Gasteiger partial charge in [0.25, 0.3) is 0 Å². The van der Waals surface area contributed by atoms with E-state index in [0.29, 0.717) is 24.8 Å². The Morgan fingerprint density at radius 1 is 1.00 bits per heavy atom. The maximum absolute atomic E-state index is 11.7. The largest absolute Gasteiger partial charge is 0.481 e. The molecule has 0 aliphatic rings. The van der Waals surface area contributed by atoms with Crippen LogP contribution in [0.25, 0.3) is 0 Å². The van der Waals surface area contributed by atoms with E-state index in [4.69, 9.17) is 5.11 Å². The van der Waals surface area contributed by atoms with Crippen molar-refractivity contribution in [3.05, 3.63) is 47.0 Å². The van der Waals surface area contributed by atoms with Gasteiger partial charge in [0.15, 0.2) is 0 Å². The van der Waals surface area contributed by atoms with E-state index in [9.17, 15) is 19.5 Å². The summed E-state index contributed by atoms with van der Waals surface area (Å²) >= 11 is 0. The number of rotatable bonds is 9. The second-order valence-corrected chi connectivity index (χ2v) is 5.01.